The van der Waals surface area contributed by atoms with Crippen molar-refractivity contribution in [3.8, 4) is 17.0 Å². The van der Waals surface area contributed by atoms with Gasteiger partial charge >= 0.3 is 0 Å². The van der Waals surface area contributed by atoms with Gasteiger partial charge in [0, 0.05) is 23.3 Å². The largest absolute Gasteiger partial charge is 0.496 e. The third kappa shape index (κ3) is 4.09. The van der Waals surface area contributed by atoms with Gasteiger partial charge in [0.25, 0.3) is 0 Å². The van der Waals surface area contributed by atoms with Gasteiger partial charge in [-0.25, -0.2) is 0 Å². The minimum absolute atomic E-state index is 0.00499. The van der Waals surface area contributed by atoms with E-state index in [9.17, 15) is 4.79 Å². The van der Waals surface area contributed by atoms with Gasteiger partial charge in [0.1, 0.15) is 12.3 Å². The van der Waals surface area contributed by atoms with E-state index in [1.54, 1.807) is 24.1 Å². The minimum Gasteiger partial charge on any atom is -0.496 e. The third-order valence-electron chi connectivity index (χ3n) is 4.45. The maximum Gasteiger partial charge on any atom is 0.241 e. The molecule has 1 saturated carbocycles. The number of methoxy groups -OCH3 is 1. The number of nitrogens with zero attached hydrogens (tertiary/aromatic N) is 2. The lowest BCUT2D eigenvalue weighted by Gasteiger charge is -2.10. The molecule has 24 heavy (non-hydrogen) atoms. The second-order valence-electron chi connectivity index (χ2n) is 6.20. The van der Waals surface area contributed by atoms with Crippen LogP contribution in [0, 0.1) is 5.92 Å². The Morgan fingerprint density at radius 2 is 2.17 bits per heavy atom. The summed E-state index contributed by atoms with van der Waals surface area (Å²) in [6.45, 7) is 0.991. The maximum atomic E-state index is 12.1. The number of benzene rings is 1. The summed E-state index contributed by atoms with van der Waals surface area (Å²) in [5.74, 6) is 1.34. The monoisotopic (exact) mass is 347 g/mol. The van der Waals surface area contributed by atoms with Gasteiger partial charge < -0.3 is 10.1 Å². The number of hydrogen-bond acceptors (Lipinski definition) is 3. The fourth-order valence-corrected chi connectivity index (χ4v) is 3.32. The van der Waals surface area contributed by atoms with Crippen LogP contribution in [0.25, 0.3) is 11.3 Å². The lowest BCUT2D eigenvalue weighted by molar-refractivity contribution is -0.122. The summed E-state index contributed by atoms with van der Waals surface area (Å²) in [5, 5.41) is 8.10. The van der Waals surface area contributed by atoms with Crippen LogP contribution in [0.1, 0.15) is 25.7 Å². The van der Waals surface area contributed by atoms with Gasteiger partial charge in [0.2, 0.25) is 5.91 Å². The first-order valence-corrected chi connectivity index (χ1v) is 8.67. The van der Waals surface area contributed by atoms with E-state index in [0.29, 0.717) is 16.7 Å². The zero-order valence-corrected chi connectivity index (χ0v) is 14.6. The summed E-state index contributed by atoms with van der Waals surface area (Å²) < 4.78 is 6.99. The van der Waals surface area contributed by atoms with Crippen molar-refractivity contribution in [1.29, 1.82) is 0 Å². The lowest BCUT2D eigenvalue weighted by Crippen LogP contribution is -2.31. The first-order chi connectivity index (χ1) is 11.7. The van der Waals surface area contributed by atoms with Crippen LogP contribution in [0.3, 0.4) is 0 Å². The van der Waals surface area contributed by atoms with Crippen LogP contribution in [0.2, 0.25) is 5.02 Å². The van der Waals surface area contributed by atoms with Crippen LogP contribution >= 0.6 is 11.6 Å². The molecule has 1 fully saturated rings. The molecule has 1 N–H and O–H groups in total. The van der Waals surface area contributed by atoms with Gasteiger partial charge in [-0.15, -0.1) is 0 Å². The highest BCUT2D eigenvalue weighted by Gasteiger charge is 2.16. The van der Waals surface area contributed by atoms with Gasteiger partial charge in [-0.2, -0.15) is 5.10 Å². The molecule has 1 aliphatic carbocycles. The molecule has 128 valence electrons. The molecule has 1 amide bonds. The second kappa shape index (κ2) is 7.71. The molecule has 0 bridgehead atoms. The summed E-state index contributed by atoms with van der Waals surface area (Å²) in [5.41, 5.74) is 1.55. The Morgan fingerprint density at radius 1 is 1.38 bits per heavy atom. The third-order valence-corrected chi connectivity index (χ3v) is 4.68. The SMILES string of the molecule is COc1ccc(Cl)cc1-c1ccn(CC(=O)NCC2CCCC2)n1. The molecule has 1 aromatic carbocycles. The number of rotatable bonds is 6. The minimum atomic E-state index is -0.00499. The molecule has 0 saturated heterocycles. The molecule has 1 heterocycles. The molecule has 0 radical (unpaired) electrons. The number of amides is 1. The van der Waals surface area contributed by atoms with Crippen molar-refractivity contribution in [1.82, 2.24) is 15.1 Å². The predicted molar refractivity (Wildman–Crippen MR) is 94.2 cm³/mol. The summed E-state index contributed by atoms with van der Waals surface area (Å²) >= 11 is 6.06. The highest BCUT2D eigenvalue weighted by Crippen LogP contribution is 2.31. The van der Waals surface area contributed by atoms with Crippen LogP contribution in [0.15, 0.2) is 30.5 Å². The number of nitrogens with one attached hydrogen (secondary N) is 1. The highest BCUT2D eigenvalue weighted by atomic mass is 35.5. The molecular weight excluding hydrogens is 326 g/mol. The van der Waals surface area contributed by atoms with Crippen molar-refractivity contribution in [2.75, 3.05) is 13.7 Å². The second-order valence-corrected chi connectivity index (χ2v) is 6.63. The van der Waals surface area contributed by atoms with Crippen molar-refractivity contribution in [2.45, 2.75) is 32.2 Å². The van der Waals surface area contributed by atoms with E-state index < -0.39 is 0 Å². The molecule has 1 aliphatic rings. The van der Waals surface area contributed by atoms with Crippen molar-refractivity contribution in [2.24, 2.45) is 5.92 Å². The molecular formula is C18H22ClN3O2. The Balaban J connectivity index is 1.63. The molecule has 0 aliphatic heterocycles. The average molecular weight is 348 g/mol. The predicted octanol–water partition coefficient (Wildman–Crippen LogP) is 3.52. The van der Waals surface area contributed by atoms with Crippen molar-refractivity contribution >= 4 is 17.5 Å². The zero-order chi connectivity index (χ0) is 16.9. The fraction of sp³-hybridized carbons (Fsp3) is 0.444. The van der Waals surface area contributed by atoms with Gasteiger partial charge in [-0.1, -0.05) is 24.4 Å². The van der Waals surface area contributed by atoms with E-state index in [-0.39, 0.29) is 12.5 Å². The first kappa shape index (κ1) is 16.8. The van der Waals surface area contributed by atoms with E-state index in [4.69, 9.17) is 16.3 Å². The number of carbonyl (C=O) groups is 1. The highest BCUT2D eigenvalue weighted by molar-refractivity contribution is 6.30. The number of carbonyl (C=O) groups excluding carboxylic acids is 1. The van der Waals surface area contributed by atoms with E-state index >= 15 is 0 Å². The Bertz CT molecular complexity index is 708. The van der Waals surface area contributed by atoms with E-state index in [0.717, 1.165) is 17.8 Å². The first-order valence-electron chi connectivity index (χ1n) is 8.30. The van der Waals surface area contributed by atoms with Crippen LogP contribution in [-0.4, -0.2) is 29.3 Å². The standard InChI is InChI=1S/C18H22ClN3O2/c1-24-17-7-6-14(19)10-15(17)16-8-9-22(21-16)12-18(23)20-11-13-4-2-3-5-13/h6-10,13H,2-5,11-12H2,1H3,(H,20,23). The van der Waals surface area contributed by atoms with E-state index in [2.05, 4.69) is 10.4 Å². The van der Waals surface area contributed by atoms with Gasteiger partial charge in [-0.3, -0.25) is 9.48 Å². The van der Waals surface area contributed by atoms with E-state index in [1.165, 1.54) is 25.7 Å². The van der Waals surface area contributed by atoms with Crippen molar-refractivity contribution < 1.29 is 9.53 Å². The van der Waals surface area contributed by atoms with E-state index in [1.807, 2.05) is 18.2 Å². The average Bonchev–Trinajstić information content (AvgIpc) is 3.24. The summed E-state index contributed by atoms with van der Waals surface area (Å²) in [4.78, 5) is 12.1. The fourth-order valence-electron chi connectivity index (χ4n) is 3.15. The Morgan fingerprint density at radius 3 is 2.92 bits per heavy atom. The Labute approximate surface area is 147 Å². The number of halogens is 1. The normalized spacial score (nSPS) is 14.8. The topological polar surface area (TPSA) is 56.1 Å². The summed E-state index contributed by atoms with van der Waals surface area (Å²) in [6.07, 6.45) is 6.81. The van der Waals surface area contributed by atoms with Gasteiger partial charge in [0.05, 0.1) is 12.8 Å². The van der Waals surface area contributed by atoms with Gasteiger partial charge in [-0.05, 0) is 43.0 Å². The van der Waals surface area contributed by atoms with Crippen LogP contribution in [-0.2, 0) is 11.3 Å². The summed E-state index contributed by atoms with van der Waals surface area (Å²) in [6, 6.07) is 7.26. The molecule has 3 rings (SSSR count). The molecule has 5 nitrogen and oxygen atoms in total. The van der Waals surface area contributed by atoms with Crippen molar-refractivity contribution in [3.63, 3.8) is 0 Å². The Hall–Kier alpha value is -2.01. The number of ether oxygens (including phenoxy) is 1. The number of hydrogen-bond donors (Lipinski definition) is 1. The van der Waals surface area contributed by atoms with Gasteiger partial charge in [0.15, 0.2) is 0 Å². The molecule has 0 atom stereocenters. The smallest absolute Gasteiger partial charge is 0.241 e. The Kier molecular flexibility index (Phi) is 5.41. The lowest BCUT2D eigenvalue weighted by atomic mass is 10.1. The summed E-state index contributed by atoms with van der Waals surface area (Å²) in [7, 11) is 1.61. The van der Waals surface area contributed by atoms with Crippen LogP contribution in [0.5, 0.6) is 5.75 Å². The number of aromatic nitrogens is 2. The molecule has 0 spiro atoms. The molecule has 6 heteroatoms. The molecule has 0 unspecified atom stereocenters. The quantitative estimate of drug-likeness (QED) is 0.869. The van der Waals surface area contributed by atoms with Crippen LogP contribution in [0.4, 0.5) is 0 Å². The molecule has 1 aromatic heterocycles. The molecule has 2 aromatic rings. The van der Waals surface area contributed by atoms with Crippen LogP contribution < -0.4 is 10.1 Å². The zero-order valence-electron chi connectivity index (χ0n) is 13.8. The maximum absolute atomic E-state index is 12.1. The van der Waals surface area contributed by atoms with Crippen molar-refractivity contribution in [3.05, 3.63) is 35.5 Å².